The molecule has 0 unspecified atom stereocenters. The number of aliphatic hydroxyl groups is 2. The molecule has 0 aromatic carbocycles. The Labute approximate surface area is 137 Å². The van der Waals surface area contributed by atoms with E-state index in [4.69, 9.17) is 10.2 Å². The molecule has 0 rings (SSSR count). The Morgan fingerprint density at radius 3 is 0.765 bits per heavy atom. The van der Waals surface area contributed by atoms with Crippen molar-refractivity contribution in [2.75, 3.05) is 24.7 Å². The first kappa shape index (κ1) is 31.0. The molecule has 4 radical (unpaired) electrons. The van der Waals surface area contributed by atoms with E-state index in [2.05, 4.69) is 53.0 Å². The van der Waals surface area contributed by atoms with Crippen LogP contribution in [0, 0.1) is 0 Å². The summed E-state index contributed by atoms with van der Waals surface area (Å²) in [6.07, 6.45) is 5.28. The Kier molecular flexibility index (Phi) is 96.6. The van der Waals surface area contributed by atoms with Crippen molar-refractivity contribution in [2.24, 2.45) is 0 Å². The minimum Gasteiger partial charge on any atom is -0.396 e. The molecule has 0 aliphatic carbocycles. The van der Waals surface area contributed by atoms with E-state index in [9.17, 15) is 0 Å². The van der Waals surface area contributed by atoms with Crippen LogP contribution in [-0.2, 0) is 0 Å². The zero-order chi connectivity index (χ0) is 13.7. The van der Waals surface area contributed by atoms with Crippen molar-refractivity contribution in [1.82, 2.24) is 0 Å². The standard InChI is InChI=1S/2C4H10.2C2H6OS.Sn/c2*1-3-4-2;2*3-1-2-4;/h2*3-4H2,1-2H3;2*3-4H,1-2H2;. The normalized spacial score (nSPS) is 7.06. The fourth-order valence-corrected chi connectivity index (χ4v) is 0. The van der Waals surface area contributed by atoms with Crippen molar-refractivity contribution in [3.05, 3.63) is 0 Å². The van der Waals surface area contributed by atoms with Crippen LogP contribution >= 0.6 is 25.3 Å². The SMILES string of the molecule is CCCC.CCCC.OCCS.OCCS.[Sn]. The van der Waals surface area contributed by atoms with Gasteiger partial charge in [-0.15, -0.1) is 0 Å². The number of hydrogen-bond acceptors (Lipinski definition) is 4. The summed E-state index contributed by atoms with van der Waals surface area (Å²) in [4.78, 5) is 0. The summed E-state index contributed by atoms with van der Waals surface area (Å²) in [6.45, 7) is 9.09. The summed E-state index contributed by atoms with van der Waals surface area (Å²) < 4.78 is 0. The van der Waals surface area contributed by atoms with E-state index in [0.29, 0.717) is 11.5 Å². The predicted molar refractivity (Wildman–Crippen MR) is 88.8 cm³/mol. The van der Waals surface area contributed by atoms with Gasteiger partial charge in [-0.05, 0) is 0 Å². The third-order valence-electron chi connectivity index (χ3n) is 1.20. The van der Waals surface area contributed by atoms with Gasteiger partial charge in [0.15, 0.2) is 0 Å². The summed E-state index contributed by atoms with van der Waals surface area (Å²) in [6, 6.07) is 0. The van der Waals surface area contributed by atoms with Gasteiger partial charge >= 0.3 is 0 Å². The quantitative estimate of drug-likeness (QED) is 0.440. The summed E-state index contributed by atoms with van der Waals surface area (Å²) in [7, 11) is 0. The fraction of sp³-hybridized carbons (Fsp3) is 1.00. The number of unbranched alkanes of at least 4 members (excludes halogenated alkanes) is 2. The van der Waals surface area contributed by atoms with Crippen molar-refractivity contribution in [3.8, 4) is 0 Å². The van der Waals surface area contributed by atoms with Gasteiger partial charge in [-0.1, -0.05) is 53.4 Å². The van der Waals surface area contributed by atoms with Gasteiger partial charge < -0.3 is 10.2 Å². The molecule has 0 aromatic heterocycles. The Morgan fingerprint density at radius 2 is 0.765 bits per heavy atom. The maximum Gasteiger partial charge on any atom is 0.0519 e. The molecule has 0 aliphatic heterocycles. The zero-order valence-electron chi connectivity index (χ0n) is 11.9. The summed E-state index contributed by atoms with van der Waals surface area (Å²) >= 11 is 7.34. The van der Waals surface area contributed by atoms with Crippen LogP contribution < -0.4 is 0 Å². The number of thiol groups is 2. The van der Waals surface area contributed by atoms with E-state index >= 15 is 0 Å². The van der Waals surface area contributed by atoms with Crippen LogP contribution in [0.3, 0.4) is 0 Å². The molecular weight excluding hydrogens is 359 g/mol. The van der Waals surface area contributed by atoms with Crippen LogP contribution in [0.25, 0.3) is 0 Å². The van der Waals surface area contributed by atoms with Crippen LogP contribution in [-0.4, -0.2) is 58.8 Å². The number of hydrogen-bond donors (Lipinski definition) is 4. The molecule has 0 aromatic rings. The Morgan fingerprint density at radius 1 is 0.647 bits per heavy atom. The minimum absolute atomic E-state index is 0. The van der Waals surface area contributed by atoms with E-state index in [0.717, 1.165) is 0 Å². The molecule has 0 heterocycles. The average Bonchev–Trinajstić information content (AvgIpc) is 2.39. The smallest absolute Gasteiger partial charge is 0.0519 e. The Bertz CT molecular complexity index is 46.5. The second-order valence-electron chi connectivity index (χ2n) is 2.89. The molecule has 17 heavy (non-hydrogen) atoms. The van der Waals surface area contributed by atoms with Crippen molar-refractivity contribution >= 4 is 49.2 Å². The molecule has 0 atom stereocenters. The summed E-state index contributed by atoms with van der Waals surface area (Å²) in [5, 5.41) is 15.6. The molecule has 0 spiro atoms. The third kappa shape index (κ3) is 141. The molecule has 0 saturated heterocycles. The summed E-state index contributed by atoms with van der Waals surface area (Å²) in [5.41, 5.74) is 0. The molecule has 0 aliphatic rings. The van der Waals surface area contributed by atoms with Gasteiger partial charge in [-0.3, -0.25) is 0 Å². The Hall–Kier alpha value is 1.42. The molecule has 5 heteroatoms. The van der Waals surface area contributed by atoms with Gasteiger partial charge in [0, 0.05) is 35.4 Å². The van der Waals surface area contributed by atoms with Gasteiger partial charge in [0.1, 0.15) is 0 Å². The molecule has 0 bridgehead atoms. The number of aliphatic hydroxyl groups excluding tert-OH is 2. The van der Waals surface area contributed by atoms with E-state index in [1.54, 1.807) is 0 Å². The van der Waals surface area contributed by atoms with Gasteiger partial charge in [0.25, 0.3) is 0 Å². The van der Waals surface area contributed by atoms with Crippen LogP contribution in [0.4, 0.5) is 0 Å². The first-order chi connectivity index (χ1) is 7.66. The van der Waals surface area contributed by atoms with Crippen molar-refractivity contribution in [3.63, 3.8) is 0 Å². The van der Waals surface area contributed by atoms with Crippen LogP contribution in [0.1, 0.15) is 53.4 Å². The largest absolute Gasteiger partial charge is 0.396 e. The molecule has 0 saturated carbocycles. The second-order valence-corrected chi connectivity index (χ2v) is 3.79. The zero-order valence-corrected chi connectivity index (χ0v) is 16.6. The van der Waals surface area contributed by atoms with E-state index in [1.165, 1.54) is 25.7 Å². The van der Waals surface area contributed by atoms with E-state index in [1.807, 2.05) is 0 Å². The molecule has 108 valence electrons. The second kappa shape index (κ2) is 52.9. The van der Waals surface area contributed by atoms with Gasteiger partial charge in [0.2, 0.25) is 0 Å². The van der Waals surface area contributed by atoms with Crippen molar-refractivity contribution in [1.29, 1.82) is 0 Å². The first-order valence-electron chi connectivity index (χ1n) is 6.09. The fourth-order valence-electron chi connectivity index (χ4n) is 0. The van der Waals surface area contributed by atoms with Crippen molar-refractivity contribution < 1.29 is 10.2 Å². The molecule has 0 fully saturated rings. The maximum atomic E-state index is 7.80. The van der Waals surface area contributed by atoms with Crippen LogP contribution in [0.2, 0.25) is 0 Å². The topological polar surface area (TPSA) is 40.5 Å². The molecule has 2 nitrogen and oxygen atoms in total. The molecule has 0 amide bonds. The third-order valence-corrected chi connectivity index (χ3v) is 1.60. The van der Waals surface area contributed by atoms with Gasteiger partial charge in [-0.25, -0.2) is 0 Å². The predicted octanol–water partition coefficient (Wildman–Crippen LogP) is 3.05. The van der Waals surface area contributed by atoms with Gasteiger partial charge in [-0.2, -0.15) is 25.3 Å². The first-order valence-corrected chi connectivity index (χ1v) is 7.36. The van der Waals surface area contributed by atoms with Gasteiger partial charge in [0.05, 0.1) is 13.2 Å². The van der Waals surface area contributed by atoms with Crippen molar-refractivity contribution in [2.45, 2.75) is 53.4 Å². The number of rotatable bonds is 4. The summed E-state index contributed by atoms with van der Waals surface area (Å²) in [5.74, 6) is 1.14. The molecule has 2 N–H and O–H groups in total. The minimum atomic E-state index is 0. The van der Waals surface area contributed by atoms with E-state index < -0.39 is 0 Å². The van der Waals surface area contributed by atoms with E-state index in [-0.39, 0.29) is 37.1 Å². The Balaban J connectivity index is -0.0000000369. The monoisotopic (exact) mass is 392 g/mol. The van der Waals surface area contributed by atoms with Crippen LogP contribution in [0.5, 0.6) is 0 Å². The molecular formula is C12H32O2S2Sn. The van der Waals surface area contributed by atoms with Crippen LogP contribution in [0.15, 0.2) is 0 Å². The average molecular weight is 391 g/mol. The maximum absolute atomic E-state index is 7.80.